The maximum absolute atomic E-state index is 12.6. The number of carbonyl (C=O) groups is 3. The van der Waals surface area contributed by atoms with Crippen LogP contribution in [0, 0.1) is 6.92 Å². The summed E-state index contributed by atoms with van der Waals surface area (Å²) in [5.74, 6) is -1.79. The van der Waals surface area contributed by atoms with E-state index in [0.29, 0.717) is 31.7 Å². The van der Waals surface area contributed by atoms with Gasteiger partial charge in [0.2, 0.25) is 0 Å². The van der Waals surface area contributed by atoms with Crippen LogP contribution in [0.2, 0.25) is 0 Å². The lowest BCUT2D eigenvalue weighted by Gasteiger charge is -2.35. The number of carbonyl (C=O) groups excluding carboxylic acids is 3. The third kappa shape index (κ3) is 3.59. The highest BCUT2D eigenvalue weighted by Gasteiger charge is 2.26. The van der Waals surface area contributed by atoms with Gasteiger partial charge < -0.3 is 19.7 Å². The summed E-state index contributed by atoms with van der Waals surface area (Å²) in [7, 11) is 0. The van der Waals surface area contributed by atoms with Gasteiger partial charge in [-0.15, -0.1) is 0 Å². The fourth-order valence-corrected chi connectivity index (χ4v) is 3.09. The van der Waals surface area contributed by atoms with Gasteiger partial charge in [0.25, 0.3) is 11.8 Å². The van der Waals surface area contributed by atoms with Crippen LogP contribution in [0.4, 0.5) is 0 Å². The predicted molar refractivity (Wildman–Crippen MR) is 93.8 cm³/mol. The number of aryl methyl sites for hydroxylation is 1. The average molecular weight is 351 g/mol. The highest BCUT2D eigenvalue weighted by atomic mass is 16.4. The molecule has 0 aromatic heterocycles. The Bertz CT molecular complexity index is 854. The molecule has 3 rings (SSSR count). The molecule has 1 fully saturated rings. The molecule has 1 aliphatic rings. The number of carboxylic acid groups (broad SMARTS) is 1. The first kappa shape index (κ1) is 17.7. The number of benzene rings is 2. The molecule has 2 amide bonds. The van der Waals surface area contributed by atoms with Crippen LogP contribution in [0.1, 0.15) is 36.6 Å². The van der Waals surface area contributed by atoms with Crippen LogP contribution in [0.5, 0.6) is 0 Å². The van der Waals surface area contributed by atoms with Crippen molar-refractivity contribution in [3.05, 3.63) is 70.8 Å². The van der Waals surface area contributed by atoms with Gasteiger partial charge in [-0.05, 0) is 25.1 Å². The van der Waals surface area contributed by atoms with E-state index in [9.17, 15) is 19.5 Å². The summed E-state index contributed by atoms with van der Waals surface area (Å²) in [6.07, 6.45) is 0. The van der Waals surface area contributed by atoms with E-state index in [1.54, 1.807) is 28.0 Å². The van der Waals surface area contributed by atoms with Crippen molar-refractivity contribution >= 4 is 17.8 Å². The second-order valence-electron chi connectivity index (χ2n) is 6.29. The summed E-state index contributed by atoms with van der Waals surface area (Å²) in [5.41, 5.74) is 1.65. The van der Waals surface area contributed by atoms with Crippen molar-refractivity contribution in [2.45, 2.75) is 6.92 Å². The number of aromatic carboxylic acids is 1. The van der Waals surface area contributed by atoms with Crippen molar-refractivity contribution in [2.75, 3.05) is 26.2 Å². The van der Waals surface area contributed by atoms with Crippen molar-refractivity contribution < 1.29 is 19.5 Å². The third-order valence-corrected chi connectivity index (χ3v) is 4.50. The van der Waals surface area contributed by atoms with E-state index in [0.717, 1.165) is 5.56 Å². The monoisotopic (exact) mass is 351 g/mol. The predicted octanol–water partition coefficient (Wildman–Crippen LogP) is 0.957. The van der Waals surface area contributed by atoms with Crippen LogP contribution < -0.4 is 5.11 Å². The Morgan fingerprint density at radius 3 is 1.96 bits per heavy atom. The largest absolute Gasteiger partial charge is 0.545 e. The van der Waals surface area contributed by atoms with Crippen molar-refractivity contribution in [3.8, 4) is 0 Å². The molecule has 0 aliphatic carbocycles. The summed E-state index contributed by atoms with van der Waals surface area (Å²) in [5, 5.41) is 11.2. The molecule has 1 aliphatic heterocycles. The molecule has 0 atom stereocenters. The number of hydrogen-bond donors (Lipinski definition) is 0. The molecule has 26 heavy (non-hydrogen) atoms. The molecule has 1 heterocycles. The average Bonchev–Trinajstić information content (AvgIpc) is 2.67. The SMILES string of the molecule is Cc1cccc(C(=O)N2CCN(C(=O)c3ccccc3C(=O)[O-])CC2)c1. The van der Waals surface area contributed by atoms with E-state index in [1.807, 2.05) is 25.1 Å². The molecule has 0 spiro atoms. The Labute approximate surface area is 151 Å². The Morgan fingerprint density at radius 2 is 1.38 bits per heavy atom. The van der Waals surface area contributed by atoms with Gasteiger partial charge >= 0.3 is 0 Å². The maximum Gasteiger partial charge on any atom is 0.254 e. The number of nitrogens with zero attached hydrogens (tertiary/aromatic N) is 2. The van der Waals surface area contributed by atoms with E-state index < -0.39 is 5.97 Å². The quantitative estimate of drug-likeness (QED) is 0.825. The molecule has 134 valence electrons. The lowest BCUT2D eigenvalue weighted by atomic mass is 10.1. The van der Waals surface area contributed by atoms with Crippen molar-refractivity contribution in [1.29, 1.82) is 0 Å². The number of piperazine rings is 1. The number of hydrogen-bond acceptors (Lipinski definition) is 4. The van der Waals surface area contributed by atoms with Gasteiger partial charge in [0.15, 0.2) is 0 Å². The lowest BCUT2D eigenvalue weighted by molar-refractivity contribution is -0.255. The molecule has 0 bridgehead atoms. The molecule has 0 N–H and O–H groups in total. The van der Waals surface area contributed by atoms with Crippen LogP contribution >= 0.6 is 0 Å². The topological polar surface area (TPSA) is 80.8 Å². The smallest absolute Gasteiger partial charge is 0.254 e. The maximum atomic E-state index is 12.6. The Morgan fingerprint density at radius 1 is 0.808 bits per heavy atom. The molecule has 0 radical (unpaired) electrons. The third-order valence-electron chi connectivity index (χ3n) is 4.50. The van der Waals surface area contributed by atoms with E-state index in [2.05, 4.69) is 0 Å². The molecule has 6 nitrogen and oxygen atoms in total. The summed E-state index contributed by atoms with van der Waals surface area (Å²) in [4.78, 5) is 39.7. The molecular formula is C20H19N2O4-. The van der Waals surface area contributed by atoms with E-state index in [4.69, 9.17) is 0 Å². The molecular weight excluding hydrogens is 332 g/mol. The molecule has 6 heteroatoms. The molecule has 0 saturated carbocycles. The summed E-state index contributed by atoms with van der Waals surface area (Å²) >= 11 is 0. The van der Waals surface area contributed by atoms with Crippen molar-refractivity contribution in [3.63, 3.8) is 0 Å². The summed E-state index contributed by atoms with van der Waals surface area (Å²) in [6.45, 7) is 3.47. The standard InChI is InChI=1S/C20H20N2O4/c1-14-5-4-6-15(13-14)18(23)21-9-11-22(12-10-21)19(24)16-7-2-3-8-17(16)20(25)26/h2-8,13H,9-12H2,1H3,(H,25,26)/p-1. The van der Waals surface area contributed by atoms with Gasteiger partial charge in [0.05, 0.1) is 5.97 Å². The number of rotatable bonds is 3. The highest BCUT2D eigenvalue weighted by molar-refractivity contribution is 6.04. The van der Waals surface area contributed by atoms with Crippen LogP contribution in [0.15, 0.2) is 48.5 Å². The molecule has 1 saturated heterocycles. The zero-order chi connectivity index (χ0) is 18.7. The normalized spacial score (nSPS) is 14.2. The van der Waals surface area contributed by atoms with E-state index >= 15 is 0 Å². The number of carboxylic acids is 1. The van der Waals surface area contributed by atoms with Crippen LogP contribution in [0.3, 0.4) is 0 Å². The summed E-state index contributed by atoms with van der Waals surface area (Å²) in [6, 6.07) is 13.4. The van der Waals surface area contributed by atoms with Gasteiger partial charge in [-0.1, -0.05) is 35.9 Å². The Balaban J connectivity index is 1.68. The zero-order valence-corrected chi connectivity index (χ0v) is 14.5. The first-order valence-electron chi connectivity index (χ1n) is 8.43. The molecule has 2 aromatic carbocycles. The van der Waals surface area contributed by atoms with Gasteiger partial charge in [-0.2, -0.15) is 0 Å². The van der Waals surface area contributed by atoms with Crippen LogP contribution in [-0.2, 0) is 0 Å². The second-order valence-corrected chi connectivity index (χ2v) is 6.29. The zero-order valence-electron chi connectivity index (χ0n) is 14.5. The van der Waals surface area contributed by atoms with E-state index in [-0.39, 0.29) is 22.9 Å². The minimum atomic E-state index is -1.37. The fraction of sp³-hybridized carbons (Fsp3) is 0.250. The first-order chi connectivity index (χ1) is 12.5. The lowest BCUT2D eigenvalue weighted by Crippen LogP contribution is -2.50. The van der Waals surface area contributed by atoms with Gasteiger partial charge in [-0.3, -0.25) is 9.59 Å². The van der Waals surface area contributed by atoms with Crippen LogP contribution in [-0.4, -0.2) is 53.8 Å². The fourth-order valence-electron chi connectivity index (χ4n) is 3.09. The van der Waals surface area contributed by atoms with Crippen molar-refractivity contribution in [1.82, 2.24) is 9.80 Å². The molecule has 0 unspecified atom stereocenters. The van der Waals surface area contributed by atoms with Gasteiger partial charge in [0, 0.05) is 42.9 Å². The highest BCUT2D eigenvalue weighted by Crippen LogP contribution is 2.15. The summed E-state index contributed by atoms with van der Waals surface area (Å²) < 4.78 is 0. The Hall–Kier alpha value is -3.15. The van der Waals surface area contributed by atoms with Crippen molar-refractivity contribution in [2.24, 2.45) is 0 Å². The minimum Gasteiger partial charge on any atom is -0.545 e. The number of amides is 2. The van der Waals surface area contributed by atoms with Gasteiger partial charge in [0.1, 0.15) is 0 Å². The molecule has 2 aromatic rings. The van der Waals surface area contributed by atoms with E-state index in [1.165, 1.54) is 12.1 Å². The first-order valence-corrected chi connectivity index (χ1v) is 8.43. The Kier molecular flexibility index (Phi) is 5.02. The van der Waals surface area contributed by atoms with Crippen LogP contribution in [0.25, 0.3) is 0 Å². The minimum absolute atomic E-state index is 0.0593. The van der Waals surface area contributed by atoms with Gasteiger partial charge in [-0.25, -0.2) is 0 Å². The second kappa shape index (κ2) is 7.39.